The molecule has 114 valence electrons. The Balaban J connectivity index is 2.10. The molecule has 0 aliphatic rings. The van der Waals surface area contributed by atoms with Gasteiger partial charge in [-0.3, -0.25) is 4.68 Å². The summed E-state index contributed by atoms with van der Waals surface area (Å²) in [5, 5.41) is 7.68. The highest BCUT2D eigenvalue weighted by Crippen LogP contribution is 2.25. The van der Waals surface area contributed by atoms with Crippen molar-refractivity contribution in [2.24, 2.45) is 7.05 Å². The first kappa shape index (κ1) is 15.6. The van der Waals surface area contributed by atoms with Crippen molar-refractivity contribution in [1.82, 2.24) is 15.1 Å². The van der Waals surface area contributed by atoms with Gasteiger partial charge in [0.15, 0.2) is 0 Å². The van der Waals surface area contributed by atoms with Crippen molar-refractivity contribution in [1.29, 1.82) is 0 Å². The predicted molar refractivity (Wildman–Crippen MR) is 85.3 cm³/mol. The SMILES string of the molecule is Cc1cccc(CNC(C)(C)C)c1OCc1cnn(C)c1. The third kappa shape index (κ3) is 4.60. The van der Waals surface area contributed by atoms with Gasteiger partial charge in [-0.25, -0.2) is 0 Å². The third-order valence-electron chi connectivity index (χ3n) is 3.24. The van der Waals surface area contributed by atoms with E-state index in [4.69, 9.17) is 4.74 Å². The molecular weight excluding hydrogens is 262 g/mol. The van der Waals surface area contributed by atoms with Gasteiger partial charge in [-0.05, 0) is 33.3 Å². The fourth-order valence-electron chi connectivity index (χ4n) is 2.12. The summed E-state index contributed by atoms with van der Waals surface area (Å²) in [6, 6.07) is 6.27. The average Bonchev–Trinajstić information content (AvgIpc) is 2.80. The van der Waals surface area contributed by atoms with Gasteiger partial charge in [-0.1, -0.05) is 18.2 Å². The van der Waals surface area contributed by atoms with Gasteiger partial charge in [-0.15, -0.1) is 0 Å². The predicted octanol–water partition coefficient (Wildman–Crippen LogP) is 3.20. The molecule has 0 unspecified atom stereocenters. The molecule has 21 heavy (non-hydrogen) atoms. The lowest BCUT2D eigenvalue weighted by molar-refractivity contribution is 0.298. The topological polar surface area (TPSA) is 39.1 Å². The van der Waals surface area contributed by atoms with E-state index >= 15 is 0 Å². The highest BCUT2D eigenvalue weighted by Gasteiger charge is 2.12. The number of hydrogen-bond acceptors (Lipinski definition) is 3. The fourth-order valence-corrected chi connectivity index (χ4v) is 2.12. The highest BCUT2D eigenvalue weighted by molar-refractivity contribution is 5.41. The van der Waals surface area contributed by atoms with Gasteiger partial charge >= 0.3 is 0 Å². The smallest absolute Gasteiger partial charge is 0.127 e. The zero-order valence-corrected chi connectivity index (χ0v) is 13.6. The van der Waals surface area contributed by atoms with Gasteiger partial charge in [0.1, 0.15) is 12.4 Å². The summed E-state index contributed by atoms with van der Waals surface area (Å²) in [5.74, 6) is 0.970. The summed E-state index contributed by atoms with van der Waals surface area (Å²) < 4.78 is 7.83. The van der Waals surface area contributed by atoms with E-state index in [0.717, 1.165) is 23.4 Å². The van der Waals surface area contributed by atoms with Crippen molar-refractivity contribution >= 4 is 0 Å². The number of para-hydroxylation sites is 1. The van der Waals surface area contributed by atoms with Gasteiger partial charge in [-0.2, -0.15) is 5.10 Å². The number of nitrogens with one attached hydrogen (secondary N) is 1. The second kappa shape index (κ2) is 6.31. The molecule has 4 heteroatoms. The Labute approximate surface area is 127 Å². The molecule has 0 saturated carbocycles. The monoisotopic (exact) mass is 287 g/mol. The zero-order valence-electron chi connectivity index (χ0n) is 13.6. The van der Waals surface area contributed by atoms with Gasteiger partial charge in [0, 0.05) is 36.5 Å². The molecule has 0 bridgehead atoms. The van der Waals surface area contributed by atoms with Crippen LogP contribution in [0.2, 0.25) is 0 Å². The molecule has 1 aromatic carbocycles. The summed E-state index contributed by atoms with van der Waals surface area (Å²) in [4.78, 5) is 0. The minimum absolute atomic E-state index is 0.0877. The Hall–Kier alpha value is -1.81. The number of rotatable bonds is 5. The molecule has 1 N–H and O–H groups in total. The number of nitrogens with zero attached hydrogens (tertiary/aromatic N) is 2. The van der Waals surface area contributed by atoms with Crippen LogP contribution in [0.3, 0.4) is 0 Å². The van der Waals surface area contributed by atoms with Crippen molar-refractivity contribution < 1.29 is 4.74 Å². The Morgan fingerprint density at radius 1 is 1.29 bits per heavy atom. The minimum atomic E-state index is 0.0877. The molecule has 2 aromatic rings. The highest BCUT2D eigenvalue weighted by atomic mass is 16.5. The standard InChI is InChI=1S/C17H25N3O/c1-13-7-6-8-15(10-18-17(2,3)4)16(13)21-12-14-9-19-20(5)11-14/h6-9,11,18H,10,12H2,1-5H3. The Bertz CT molecular complexity index is 596. The molecule has 0 spiro atoms. The van der Waals surface area contributed by atoms with Crippen LogP contribution in [0, 0.1) is 6.92 Å². The van der Waals surface area contributed by atoms with E-state index in [1.54, 1.807) is 4.68 Å². The quantitative estimate of drug-likeness (QED) is 0.918. The maximum absolute atomic E-state index is 6.04. The van der Waals surface area contributed by atoms with Crippen molar-refractivity contribution in [3.63, 3.8) is 0 Å². The first-order valence-electron chi connectivity index (χ1n) is 7.29. The van der Waals surface area contributed by atoms with E-state index < -0.39 is 0 Å². The van der Waals surface area contributed by atoms with Gasteiger partial charge < -0.3 is 10.1 Å². The molecule has 0 aliphatic carbocycles. The molecule has 0 atom stereocenters. The van der Waals surface area contributed by atoms with Gasteiger partial charge in [0.2, 0.25) is 0 Å². The second-order valence-corrected chi connectivity index (χ2v) is 6.48. The lowest BCUT2D eigenvalue weighted by Crippen LogP contribution is -2.35. The first-order chi connectivity index (χ1) is 9.85. The molecule has 0 aliphatic heterocycles. The van der Waals surface area contributed by atoms with Crippen LogP contribution in [0.1, 0.15) is 37.5 Å². The van der Waals surface area contributed by atoms with Crippen LogP contribution in [-0.4, -0.2) is 15.3 Å². The molecule has 0 fully saturated rings. The van der Waals surface area contributed by atoms with Crippen molar-refractivity contribution in [2.75, 3.05) is 0 Å². The Morgan fingerprint density at radius 2 is 2.05 bits per heavy atom. The lowest BCUT2D eigenvalue weighted by Gasteiger charge is -2.22. The summed E-state index contributed by atoms with van der Waals surface area (Å²) in [7, 11) is 1.91. The van der Waals surface area contributed by atoms with Crippen molar-refractivity contribution in [3.8, 4) is 5.75 Å². The van der Waals surface area contributed by atoms with E-state index in [2.05, 4.69) is 56.3 Å². The summed E-state index contributed by atoms with van der Waals surface area (Å²) in [5.41, 5.74) is 3.51. The van der Waals surface area contributed by atoms with Gasteiger partial charge in [0.25, 0.3) is 0 Å². The van der Waals surface area contributed by atoms with Crippen LogP contribution < -0.4 is 10.1 Å². The molecule has 1 aromatic heterocycles. The summed E-state index contributed by atoms with van der Waals surface area (Å²) >= 11 is 0. The molecule has 0 saturated heterocycles. The van der Waals surface area contributed by atoms with Crippen LogP contribution in [0.4, 0.5) is 0 Å². The number of ether oxygens (including phenoxy) is 1. The van der Waals surface area contributed by atoms with E-state index in [1.807, 2.05) is 19.4 Å². The molecule has 4 nitrogen and oxygen atoms in total. The minimum Gasteiger partial charge on any atom is -0.488 e. The second-order valence-electron chi connectivity index (χ2n) is 6.48. The lowest BCUT2D eigenvalue weighted by atomic mass is 10.1. The maximum atomic E-state index is 6.04. The van der Waals surface area contributed by atoms with Crippen LogP contribution >= 0.6 is 0 Å². The molecule has 0 radical (unpaired) electrons. The number of benzene rings is 1. The van der Waals surface area contributed by atoms with Crippen LogP contribution in [0.15, 0.2) is 30.6 Å². The van der Waals surface area contributed by atoms with Gasteiger partial charge in [0.05, 0.1) is 6.20 Å². The first-order valence-corrected chi connectivity index (χ1v) is 7.29. The Kier molecular flexibility index (Phi) is 4.68. The Morgan fingerprint density at radius 3 is 2.67 bits per heavy atom. The van der Waals surface area contributed by atoms with Crippen molar-refractivity contribution in [2.45, 2.75) is 46.4 Å². The maximum Gasteiger partial charge on any atom is 0.127 e. The summed E-state index contributed by atoms with van der Waals surface area (Å²) in [6.45, 7) is 9.92. The van der Waals surface area contributed by atoms with Crippen LogP contribution in [0.5, 0.6) is 5.75 Å². The third-order valence-corrected chi connectivity index (χ3v) is 3.24. The number of hydrogen-bond donors (Lipinski definition) is 1. The van der Waals surface area contributed by atoms with Crippen LogP contribution in [-0.2, 0) is 20.2 Å². The number of aryl methyl sites for hydroxylation is 2. The van der Waals surface area contributed by atoms with E-state index in [1.165, 1.54) is 5.56 Å². The van der Waals surface area contributed by atoms with Crippen LogP contribution in [0.25, 0.3) is 0 Å². The van der Waals surface area contributed by atoms with E-state index in [-0.39, 0.29) is 5.54 Å². The van der Waals surface area contributed by atoms with E-state index in [9.17, 15) is 0 Å². The fraction of sp³-hybridized carbons (Fsp3) is 0.471. The summed E-state index contributed by atoms with van der Waals surface area (Å²) in [6.07, 6.45) is 3.82. The molecule has 2 rings (SSSR count). The zero-order chi connectivity index (χ0) is 15.5. The average molecular weight is 287 g/mol. The number of aromatic nitrogens is 2. The normalized spacial score (nSPS) is 11.7. The van der Waals surface area contributed by atoms with E-state index in [0.29, 0.717) is 6.61 Å². The molecular formula is C17H25N3O. The molecule has 0 amide bonds. The largest absolute Gasteiger partial charge is 0.488 e. The van der Waals surface area contributed by atoms with Crippen molar-refractivity contribution in [3.05, 3.63) is 47.3 Å². The molecule has 1 heterocycles.